The molecule has 5 heteroatoms. The summed E-state index contributed by atoms with van der Waals surface area (Å²) < 4.78 is 0. The third kappa shape index (κ3) is 4.60. The molecule has 4 nitrogen and oxygen atoms in total. The molecular weight excluding hydrogens is 302 g/mol. The first kappa shape index (κ1) is 16.0. The van der Waals surface area contributed by atoms with Gasteiger partial charge < -0.3 is 10.4 Å². The van der Waals surface area contributed by atoms with E-state index in [1.807, 2.05) is 30.3 Å². The van der Waals surface area contributed by atoms with Gasteiger partial charge >= 0.3 is 5.97 Å². The molecule has 0 radical (unpaired) electrons. The molecule has 0 saturated carbocycles. The van der Waals surface area contributed by atoms with Crippen LogP contribution < -0.4 is 5.32 Å². The van der Waals surface area contributed by atoms with Gasteiger partial charge in [0.2, 0.25) is 5.91 Å². The number of carbonyl (C=O) groups is 2. The van der Waals surface area contributed by atoms with Gasteiger partial charge in [-0.05, 0) is 17.2 Å². The fourth-order valence-corrected chi connectivity index (χ4v) is 2.31. The van der Waals surface area contributed by atoms with Crippen LogP contribution in [0.1, 0.15) is 11.1 Å². The highest BCUT2D eigenvalue weighted by Gasteiger charge is 2.20. The lowest BCUT2D eigenvalue weighted by Crippen LogP contribution is -2.43. The predicted molar refractivity (Wildman–Crippen MR) is 84.9 cm³/mol. The number of benzene rings is 2. The molecule has 1 amide bonds. The van der Waals surface area contributed by atoms with E-state index < -0.39 is 12.0 Å². The molecule has 114 valence electrons. The first-order valence-electron chi connectivity index (χ1n) is 6.86. The van der Waals surface area contributed by atoms with Crippen molar-refractivity contribution in [3.8, 4) is 0 Å². The molecule has 0 heterocycles. The number of hydrogen-bond acceptors (Lipinski definition) is 2. The van der Waals surface area contributed by atoms with Gasteiger partial charge in [0.15, 0.2) is 0 Å². The van der Waals surface area contributed by atoms with Gasteiger partial charge in [0.05, 0.1) is 6.42 Å². The molecular formula is C17H16ClNO3. The minimum Gasteiger partial charge on any atom is -0.480 e. The number of nitrogens with one attached hydrogen (secondary N) is 1. The molecule has 0 saturated heterocycles. The molecule has 0 bridgehead atoms. The second kappa shape index (κ2) is 7.61. The van der Waals surface area contributed by atoms with Crippen LogP contribution in [0.3, 0.4) is 0 Å². The van der Waals surface area contributed by atoms with Crippen LogP contribution in [-0.2, 0) is 22.4 Å². The maximum absolute atomic E-state index is 12.0. The zero-order valence-electron chi connectivity index (χ0n) is 11.8. The average Bonchev–Trinajstić information content (AvgIpc) is 2.50. The Bertz CT molecular complexity index is 658. The molecule has 0 spiro atoms. The fraction of sp³-hybridized carbons (Fsp3) is 0.176. The van der Waals surface area contributed by atoms with E-state index in [9.17, 15) is 14.7 Å². The van der Waals surface area contributed by atoms with Crippen molar-refractivity contribution < 1.29 is 14.7 Å². The highest BCUT2D eigenvalue weighted by Crippen LogP contribution is 2.15. The van der Waals surface area contributed by atoms with E-state index in [2.05, 4.69) is 5.32 Å². The molecule has 22 heavy (non-hydrogen) atoms. The van der Waals surface area contributed by atoms with Gasteiger partial charge in [-0.3, -0.25) is 4.79 Å². The number of aliphatic carboxylic acids is 1. The number of amides is 1. The molecule has 0 aliphatic carbocycles. The molecule has 2 aromatic carbocycles. The topological polar surface area (TPSA) is 66.4 Å². The van der Waals surface area contributed by atoms with E-state index in [4.69, 9.17) is 11.6 Å². The molecule has 0 aromatic heterocycles. The summed E-state index contributed by atoms with van der Waals surface area (Å²) in [4.78, 5) is 23.4. The van der Waals surface area contributed by atoms with Gasteiger partial charge in [0, 0.05) is 11.4 Å². The Kier molecular flexibility index (Phi) is 5.55. The van der Waals surface area contributed by atoms with Crippen molar-refractivity contribution in [1.82, 2.24) is 5.32 Å². The maximum atomic E-state index is 12.0. The third-order valence-corrected chi connectivity index (χ3v) is 3.59. The zero-order chi connectivity index (χ0) is 15.9. The molecule has 0 aliphatic rings. The van der Waals surface area contributed by atoms with Crippen molar-refractivity contribution in [3.05, 3.63) is 70.7 Å². The predicted octanol–water partition coefficient (Wildman–Crippen LogP) is 2.69. The number of rotatable bonds is 6. The van der Waals surface area contributed by atoms with Crippen LogP contribution in [0.25, 0.3) is 0 Å². The normalized spacial score (nSPS) is 11.7. The Morgan fingerprint density at radius 3 is 2.32 bits per heavy atom. The lowest BCUT2D eigenvalue weighted by atomic mass is 10.1. The SMILES string of the molecule is O=C(Cc1ccccc1Cl)N[C@@H](Cc1ccccc1)C(=O)O. The number of carbonyl (C=O) groups excluding carboxylic acids is 1. The van der Waals surface area contributed by atoms with Gasteiger partial charge in [0.1, 0.15) is 6.04 Å². The van der Waals surface area contributed by atoms with Crippen LogP contribution in [0.2, 0.25) is 5.02 Å². The van der Waals surface area contributed by atoms with Crippen LogP contribution in [-0.4, -0.2) is 23.0 Å². The second-order valence-corrected chi connectivity index (χ2v) is 5.32. The number of hydrogen-bond donors (Lipinski definition) is 2. The van der Waals surface area contributed by atoms with Crippen LogP contribution in [0.4, 0.5) is 0 Å². The lowest BCUT2D eigenvalue weighted by molar-refractivity contribution is -0.141. The molecule has 0 fully saturated rings. The second-order valence-electron chi connectivity index (χ2n) is 4.92. The lowest BCUT2D eigenvalue weighted by Gasteiger charge is -2.15. The largest absolute Gasteiger partial charge is 0.480 e. The maximum Gasteiger partial charge on any atom is 0.326 e. The Morgan fingerprint density at radius 2 is 1.68 bits per heavy atom. The minimum absolute atomic E-state index is 0.0538. The average molecular weight is 318 g/mol. The van der Waals surface area contributed by atoms with E-state index in [1.165, 1.54) is 0 Å². The molecule has 2 N–H and O–H groups in total. The standard InChI is InChI=1S/C17H16ClNO3/c18-14-9-5-4-8-13(14)11-16(20)19-15(17(21)22)10-12-6-2-1-3-7-12/h1-9,15H,10-11H2,(H,19,20)(H,21,22)/t15-/m0/s1. The summed E-state index contributed by atoms with van der Waals surface area (Å²) in [5.41, 5.74) is 1.53. The quantitative estimate of drug-likeness (QED) is 0.861. The Labute approximate surface area is 133 Å². The van der Waals surface area contributed by atoms with Crippen molar-refractivity contribution in [2.75, 3.05) is 0 Å². The summed E-state index contributed by atoms with van der Waals surface area (Å²) in [5.74, 6) is -1.42. The number of carboxylic acid groups (broad SMARTS) is 1. The van der Waals surface area contributed by atoms with E-state index in [0.29, 0.717) is 10.6 Å². The minimum atomic E-state index is -1.06. The summed E-state index contributed by atoms with van der Waals surface area (Å²) >= 11 is 6.00. The summed E-state index contributed by atoms with van der Waals surface area (Å²) in [6.07, 6.45) is 0.294. The zero-order valence-corrected chi connectivity index (χ0v) is 12.6. The highest BCUT2D eigenvalue weighted by atomic mass is 35.5. The fourth-order valence-electron chi connectivity index (χ4n) is 2.11. The summed E-state index contributed by atoms with van der Waals surface area (Å²) in [6, 6.07) is 15.2. The number of halogens is 1. The van der Waals surface area contributed by atoms with Crippen LogP contribution in [0, 0.1) is 0 Å². The monoisotopic (exact) mass is 317 g/mol. The van der Waals surface area contributed by atoms with E-state index in [0.717, 1.165) is 5.56 Å². The molecule has 0 aliphatic heterocycles. The highest BCUT2D eigenvalue weighted by molar-refractivity contribution is 6.31. The van der Waals surface area contributed by atoms with Crippen LogP contribution >= 0.6 is 11.6 Å². The summed E-state index contributed by atoms with van der Waals surface area (Å²) in [5, 5.41) is 12.3. The molecule has 1 atom stereocenters. The van der Waals surface area contributed by atoms with E-state index >= 15 is 0 Å². The van der Waals surface area contributed by atoms with E-state index in [-0.39, 0.29) is 18.7 Å². The number of carboxylic acids is 1. The summed E-state index contributed by atoms with van der Waals surface area (Å²) in [6.45, 7) is 0. The van der Waals surface area contributed by atoms with Gasteiger partial charge in [-0.1, -0.05) is 60.1 Å². The summed E-state index contributed by atoms with van der Waals surface area (Å²) in [7, 11) is 0. The van der Waals surface area contributed by atoms with Crippen LogP contribution in [0.15, 0.2) is 54.6 Å². The third-order valence-electron chi connectivity index (χ3n) is 3.22. The van der Waals surface area contributed by atoms with Crippen molar-refractivity contribution in [1.29, 1.82) is 0 Å². The first-order valence-corrected chi connectivity index (χ1v) is 7.23. The first-order chi connectivity index (χ1) is 10.6. The van der Waals surface area contributed by atoms with Crippen molar-refractivity contribution in [3.63, 3.8) is 0 Å². The van der Waals surface area contributed by atoms with Crippen LogP contribution in [0.5, 0.6) is 0 Å². The van der Waals surface area contributed by atoms with Crippen molar-refractivity contribution in [2.24, 2.45) is 0 Å². The van der Waals surface area contributed by atoms with Crippen molar-refractivity contribution >= 4 is 23.5 Å². The van der Waals surface area contributed by atoms with E-state index in [1.54, 1.807) is 24.3 Å². The Hall–Kier alpha value is -2.33. The van der Waals surface area contributed by atoms with Gasteiger partial charge in [0.25, 0.3) is 0 Å². The Balaban J connectivity index is 2.00. The smallest absolute Gasteiger partial charge is 0.326 e. The molecule has 2 rings (SSSR count). The van der Waals surface area contributed by atoms with Crippen molar-refractivity contribution in [2.45, 2.75) is 18.9 Å². The van der Waals surface area contributed by atoms with Gasteiger partial charge in [-0.2, -0.15) is 0 Å². The molecule has 2 aromatic rings. The van der Waals surface area contributed by atoms with Gasteiger partial charge in [-0.15, -0.1) is 0 Å². The van der Waals surface area contributed by atoms with Gasteiger partial charge in [-0.25, -0.2) is 4.79 Å². The molecule has 0 unspecified atom stereocenters. The Morgan fingerprint density at radius 1 is 1.05 bits per heavy atom.